The fourth-order valence-electron chi connectivity index (χ4n) is 1.12. The molecule has 0 spiro atoms. The maximum absolute atomic E-state index is 13.3. The molecule has 0 aliphatic rings. The third-order valence-electron chi connectivity index (χ3n) is 1.84. The van der Waals surface area contributed by atoms with E-state index in [4.69, 9.17) is 0 Å². The fraction of sp³-hybridized carbons (Fsp3) is 0.333. The molecule has 0 nitrogen and oxygen atoms in total. The van der Waals surface area contributed by atoms with Crippen LogP contribution >= 0.6 is 0 Å². The SMILES string of the molecule is CB(C)c1cccc(C)c1F. The Morgan fingerprint density at radius 1 is 1.27 bits per heavy atom. The largest absolute Gasteiger partial charge is 0.207 e. The van der Waals surface area contributed by atoms with E-state index in [1.54, 1.807) is 13.0 Å². The summed E-state index contributed by atoms with van der Waals surface area (Å²) >= 11 is 0. The quantitative estimate of drug-likeness (QED) is 0.537. The zero-order chi connectivity index (χ0) is 8.43. The molecule has 58 valence electrons. The van der Waals surface area contributed by atoms with Gasteiger partial charge in [0, 0.05) is 0 Å². The molecule has 0 aliphatic heterocycles. The third-order valence-corrected chi connectivity index (χ3v) is 1.84. The normalized spacial score (nSPS) is 9.82. The molecule has 0 aliphatic carbocycles. The molecule has 0 fully saturated rings. The second kappa shape index (κ2) is 3.08. The number of aryl methyl sites for hydroxylation is 1. The number of hydrogen-bond acceptors (Lipinski definition) is 0. The van der Waals surface area contributed by atoms with Gasteiger partial charge in [0.2, 0.25) is 0 Å². The first-order valence-corrected chi connectivity index (χ1v) is 3.88. The van der Waals surface area contributed by atoms with E-state index in [-0.39, 0.29) is 12.5 Å². The molecule has 11 heavy (non-hydrogen) atoms. The van der Waals surface area contributed by atoms with Gasteiger partial charge in [-0.25, -0.2) is 4.39 Å². The van der Waals surface area contributed by atoms with Crippen molar-refractivity contribution >= 4 is 12.2 Å². The lowest BCUT2D eigenvalue weighted by Gasteiger charge is -2.05. The van der Waals surface area contributed by atoms with Crippen LogP contribution < -0.4 is 5.46 Å². The Balaban J connectivity index is 3.17. The second-order valence-electron chi connectivity index (χ2n) is 3.13. The van der Waals surface area contributed by atoms with Crippen molar-refractivity contribution in [1.82, 2.24) is 0 Å². The molecular weight excluding hydrogens is 138 g/mol. The molecule has 1 aromatic rings. The average molecular weight is 150 g/mol. The van der Waals surface area contributed by atoms with E-state index in [1.807, 2.05) is 25.8 Å². The number of hydrogen-bond donors (Lipinski definition) is 0. The molecule has 0 saturated heterocycles. The lowest BCUT2D eigenvalue weighted by molar-refractivity contribution is 0.626. The van der Waals surface area contributed by atoms with Crippen LogP contribution in [0.25, 0.3) is 0 Å². The molecule has 0 aromatic heterocycles. The van der Waals surface area contributed by atoms with Gasteiger partial charge in [-0.15, -0.1) is 0 Å². The van der Waals surface area contributed by atoms with Crippen LogP contribution in [0.3, 0.4) is 0 Å². The summed E-state index contributed by atoms with van der Waals surface area (Å²) in [5, 5.41) is 0. The highest BCUT2D eigenvalue weighted by Crippen LogP contribution is 2.03. The summed E-state index contributed by atoms with van der Waals surface area (Å²) < 4.78 is 13.3. The number of benzene rings is 1. The van der Waals surface area contributed by atoms with Gasteiger partial charge in [0.05, 0.1) is 0 Å². The van der Waals surface area contributed by atoms with Crippen LogP contribution in [-0.2, 0) is 0 Å². The van der Waals surface area contributed by atoms with Crippen LogP contribution in [0.2, 0.25) is 13.6 Å². The van der Waals surface area contributed by atoms with Crippen molar-refractivity contribution in [3.8, 4) is 0 Å². The van der Waals surface area contributed by atoms with Gasteiger partial charge in [0.1, 0.15) is 5.82 Å². The topological polar surface area (TPSA) is 0 Å². The predicted octanol–water partition coefficient (Wildman–Crippen LogP) is 2.10. The highest BCUT2D eigenvalue weighted by atomic mass is 19.1. The van der Waals surface area contributed by atoms with Crippen LogP contribution in [-0.4, -0.2) is 6.71 Å². The Bertz CT molecular complexity index is 256. The molecule has 0 amide bonds. The highest BCUT2D eigenvalue weighted by molar-refractivity contribution is 6.70. The van der Waals surface area contributed by atoms with Crippen LogP contribution in [0.4, 0.5) is 4.39 Å². The van der Waals surface area contributed by atoms with E-state index in [0.717, 1.165) is 11.0 Å². The number of halogens is 1. The molecule has 0 unspecified atom stereocenters. The zero-order valence-corrected chi connectivity index (χ0v) is 7.19. The van der Waals surface area contributed by atoms with Crippen molar-refractivity contribution in [3.05, 3.63) is 29.6 Å². The smallest absolute Gasteiger partial charge is 0.173 e. The van der Waals surface area contributed by atoms with Gasteiger partial charge < -0.3 is 0 Å². The van der Waals surface area contributed by atoms with Gasteiger partial charge >= 0.3 is 0 Å². The van der Waals surface area contributed by atoms with Crippen LogP contribution in [0.5, 0.6) is 0 Å². The van der Waals surface area contributed by atoms with Crippen LogP contribution in [0.1, 0.15) is 5.56 Å². The molecule has 0 saturated carbocycles. The van der Waals surface area contributed by atoms with Gasteiger partial charge in [-0.2, -0.15) is 0 Å². The minimum Gasteiger partial charge on any atom is -0.207 e. The number of rotatable bonds is 1. The molecule has 1 rings (SSSR count). The summed E-state index contributed by atoms with van der Waals surface area (Å²) in [6.45, 7) is 6.06. The van der Waals surface area contributed by atoms with Crippen molar-refractivity contribution in [2.24, 2.45) is 0 Å². The van der Waals surface area contributed by atoms with Crippen molar-refractivity contribution < 1.29 is 4.39 Å². The summed E-state index contributed by atoms with van der Waals surface area (Å²) in [7, 11) is 0. The summed E-state index contributed by atoms with van der Waals surface area (Å²) in [5.41, 5.74) is 1.54. The summed E-state index contributed by atoms with van der Waals surface area (Å²) in [6.07, 6.45) is 0. The molecule has 0 radical (unpaired) electrons. The van der Waals surface area contributed by atoms with Crippen molar-refractivity contribution in [2.75, 3.05) is 0 Å². The monoisotopic (exact) mass is 150 g/mol. The molecule has 0 bridgehead atoms. The van der Waals surface area contributed by atoms with E-state index >= 15 is 0 Å². The van der Waals surface area contributed by atoms with Gasteiger partial charge in [-0.3, -0.25) is 0 Å². The minimum atomic E-state index is -0.0532. The fourth-order valence-corrected chi connectivity index (χ4v) is 1.12. The van der Waals surface area contributed by atoms with Crippen molar-refractivity contribution in [2.45, 2.75) is 20.6 Å². The minimum absolute atomic E-state index is 0.0532. The lowest BCUT2D eigenvalue weighted by Crippen LogP contribution is -2.26. The first-order valence-electron chi connectivity index (χ1n) is 3.88. The third kappa shape index (κ3) is 1.62. The first-order chi connectivity index (χ1) is 5.13. The van der Waals surface area contributed by atoms with Gasteiger partial charge in [-0.1, -0.05) is 31.8 Å². The molecular formula is C9H12BF. The second-order valence-corrected chi connectivity index (χ2v) is 3.13. The Labute approximate surface area is 67.5 Å². The van der Waals surface area contributed by atoms with E-state index in [9.17, 15) is 4.39 Å². The molecule has 0 atom stereocenters. The van der Waals surface area contributed by atoms with Crippen molar-refractivity contribution in [1.29, 1.82) is 0 Å². The predicted molar refractivity (Wildman–Crippen MR) is 48.3 cm³/mol. The van der Waals surface area contributed by atoms with Crippen LogP contribution in [0, 0.1) is 12.7 Å². The summed E-state index contributed by atoms with van der Waals surface area (Å²) in [6, 6.07) is 5.53. The highest BCUT2D eigenvalue weighted by Gasteiger charge is 2.09. The molecule has 2 heteroatoms. The average Bonchev–Trinajstić information content (AvgIpc) is 1.94. The maximum atomic E-state index is 13.3. The van der Waals surface area contributed by atoms with Crippen molar-refractivity contribution in [3.63, 3.8) is 0 Å². The maximum Gasteiger partial charge on any atom is 0.173 e. The van der Waals surface area contributed by atoms with Gasteiger partial charge in [0.15, 0.2) is 6.71 Å². The van der Waals surface area contributed by atoms with Gasteiger partial charge in [-0.05, 0) is 17.9 Å². The first kappa shape index (κ1) is 8.31. The van der Waals surface area contributed by atoms with Crippen LogP contribution in [0.15, 0.2) is 18.2 Å². The Morgan fingerprint density at radius 2 is 1.91 bits per heavy atom. The Kier molecular flexibility index (Phi) is 2.33. The standard InChI is InChI=1S/C9H12BF/c1-7-5-4-6-8(9(7)11)10(2)3/h4-6H,1-3H3. The lowest BCUT2D eigenvalue weighted by atomic mass is 9.49. The molecule has 1 aromatic carbocycles. The summed E-state index contributed by atoms with van der Waals surface area (Å²) in [4.78, 5) is 0. The summed E-state index contributed by atoms with van der Waals surface area (Å²) in [5.74, 6) is -0.0532. The Hall–Kier alpha value is -0.785. The van der Waals surface area contributed by atoms with E-state index < -0.39 is 0 Å². The molecule has 0 N–H and O–H groups in total. The van der Waals surface area contributed by atoms with Gasteiger partial charge in [0.25, 0.3) is 0 Å². The van der Waals surface area contributed by atoms with E-state index in [0.29, 0.717) is 0 Å². The zero-order valence-electron chi connectivity index (χ0n) is 7.19. The molecule has 0 heterocycles. The van der Waals surface area contributed by atoms with E-state index in [1.165, 1.54) is 0 Å². The Morgan fingerprint density at radius 3 is 2.36 bits per heavy atom. The van der Waals surface area contributed by atoms with E-state index in [2.05, 4.69) is 0 Å².